The molecule has 114 valence electrons. The average molecular weight is 287 g/mol. The Labute approximate surface area is 126 Å². The maximum atomic E-state index is 11.9. The third-order valence-corrected chi connectivity index (χ3v) is 4.94. The van der Waals surface area contributed by atoms with Gasteiger partial charge in [0.25, 0.3) is 0 Å². The lowest BCUT2D eigenvalue weighted by atomic mass is 10.0. The van der Waals surface area contributed by atoms with Crippen LogP contribution in [0.1, 0.15) is 37.3 Å². The highest BCUT2D eigenvalue weighted by Gasteiger charge is 2.31. The number of rotatable bonds is 4. The van der Waals surface area contributed by atoms with E-state index >= 15 is 0 Å². The van der Waals surface area contributed by atoms with E-state index in [1.54, 1.807) is 0 Å². The van der Waals surface area contributed by atoms with Gasteiger partial charge in [0.05, 0.1) is 0 Å². The summed E-state index contributed by atoms with van der Waals surface area (Å²) in [7, 11) is 0. The summed E-state index contributed by atoms with van der Waals surface area (Å²) in [5.74, 6) is -0.240. The zero-order valence-corrected chi connectivity index (χ0v) is 12.6. The van der Waals surface area contributed by atoms with E-state index in [2.05, 4.69) is 9.80 Å². The number of hydrogen-bond donors (Lipinski definition) is 1. The van der Waals surface area contributed by atoms with Gasteiger partial charge in [-0.05, 0) is 18.4 Å². The van der Waals surface area contributed by atoms with Crippen LogP contribution >= 0.6 is 0 Å². The van der Waals surface area contributed by atoms with Crippen LogP contribution in [-0.2, 0) is 4.79 Å². The standard InChI is InChI=1S/C17H25N3O/c18-17(21)16(14-6-2-1-3-7-14)20-12-10-19(11-13-20)15-8-4-5-9-15/h1-3,6-7,15-16H,4-5,8-13H2,(H2,18,21). The van der Waals surface area contributed by atoms with E-state index in [0.717, 1.165) is 37.8 Å². The highest BCUT2D eigenvalue weighted by atomic mass is 16.1. The molecule has 4 nitrogen and oxygen atoms in total. The largest absolute Gasteiger partial charge is 0.368 e. The maximum Gasteiger partial charge on any atom is 0.239 e. The first kappa shape index (κ1) is 14.5. The molecule has 0 spiro atoms. The first-order valence-electron chi connectivity index (χ1n) is 8.08. The van der Waals surface area contributed by atoms with Crippen molar-refractivity contribution in [3.8, 4) is 0 Å². The normalized spacial score (nSPS) is 23.2. The molecular weight excluding hydrogens is 262 g/mol. The van der Waals surface area contributed by atoms with Gasteiger partial charge in [-0.25, -0.2) is 0 Å². The van der Waals surface area contributed by atoms with Crippen LogP contribution in [-0.4, -0.2) is 47.9 Å². The molecule has 0 aromatic heterocycles. The van der Waals surface area contributed by atoms with Crippen LogP contribution in [0.2, 0.25) is 0 Å². The number of benzene rings is 1. The number of nitrogens with zero attached hydrogens (tertiary/aromatic N) is 2. The summed E-state index contributed by atoms with van der Waals surface area (Å²) in [6.07, 6.45) is 5.44. The van der Waals surface area contributed by atoms with Crippen molar-refractivity contribution in [2.75, 3.05) is 26.2 Å². The van der Waals surface area contributed by atoms with Crippen molar-refractivity contribution >= 4 is 5.91 Å². The van der Waals surface area contributed by atoms with Crippen molar-refractivity contribution in [3.63, 3.8) is 0 Å². The zero-order chi connectivity index (χ0) is 14.7. The molecule has 0 bridgehead atoms. The number of hydrogen-bond acceptors (Lipinski definition) is 3. The summed E-state index contributed by atoms with van der Waals surface area (Å²) in [6.45, 7) is 3.97. The lowest BCUT2D eigenvalue weighted by Crippen LogP contribution is -2.52. The summed E-state index contributed by atoms with van der Waals surface area (Å²) >= 11 is 0. The highest BCUT2D eigenvalue weighted by molar-refractivity contribution is 5.81. The van der Waals surface area contributed by atoms with Crippen molar-refractivity contribution in [3.05, 3.63) is 35.9 Å². The average Bonchev–Trinajstić information content (AvgIpc) is 3.03. The van der Waals surface area contributed by atoms with Crippen molar-refractivity contribution in [1.29, 1.82) is 0 Å². The molecule has 2 aliphatic rings. The van der Waals surface area contributed by atoms with Gasteiger partial charge in [-0.1, -0.05) is 43.2 Å². The van der Waals surface area contributed by atoms with Crippen LogP contribution < -0.4 is 5.73 Å². The van der Waals surface area contributed by atoms with Crippen LogP contribution in [0.15, 0.2) is 30.3 Å². The van der Waals surface area contributed by atoms with E-state index in [-0.39, 0.29) is 11.9 Å². The second-order valence-electron chi connectivity index (χ2n) is 6.23. The number of piperazine rings is 1. The lowest BCUT2D eigenvalue weighted by molar-refractivity contribution is -0.124. The first-order valence-corrected chi connectivity index (χ1v) is 8.08. The van der Waals surface area contributed by atoms with E-state index < -0.39 is 0 Å². The van der Waals surface area contributed by atoms with Crippen molar-refractivity contribution < 1.29 is 4.79 Å². The number of primary amides is 1. The zero-order valence-electron chi connectivity index (χ0n) is 12.6. The van der Waals surface area contributed by atoms with Crippen molar-refractivity contribution in [1.82, 2.24) is 9.80 Å². The Morgan fingerprint density at radius 3 is 2.24 bits per heavy atom. The fourth-order valence-electron chi connectivity index (χ4n) is 3.82. The molecule has 1 atom stereocenters. The molecule has 21 heavy (non-hydrogen) atoms. The molecule has 1 aromatic carbocycles. The second-order valence-corrected chi connectivity index (χ2v) is 6.23. The fourth-order valence-corrected chi connectivity index (χ4v) is 3.82. The minimum atomic E-state index is -0.281. The van der Waals surface area contributed by atoms with Gasteiger partial charge in [0.1, 0.15) is 6.04 Å². The van der Waals surface area contributed by atoms with Crippen LogP contribution in [0.3, 0.4) is 0 Å². The molecule has 0 radical (unpaired) electrons. The molecule has 2 N–H and O–H groups in total. The molecule has 1 unspecified atom stereocenters. The number of carbonyl (C=O) groups is 1. The SMILES string of the molecule is NC(=O)C(c1ccccc1)N1CCN(C2CCCC2)CC1. The molecule has 1 aromatic rings. The Kier molecular flexibility index (Phi) is 4.56. The Morgan fingerprint density at radius 1 is 1.05 bits per heavy atom. The molecule has 3 rings (SSSR count). The third kappa shape index (κ3) is 3.27. The molecular formula is C17H25N3O. The van der Waals surface area contributed by atoms with E-state index in [1.807, 2.05) is 30.3 Å². The van der Waals surface area contributed by atoms with Crippen molar-refractivity contribution in [2.45, 2.75) is 37.8 Å². The third-order valence-electron chi connectivity index (χ3n) is 4.94. The van der Waals surface area contributed by atoms with Crippen LogP contribution in [0.4, 0.5) is 0 Å². The second kappa shape index (κ2) is 6.58. The van der Waals surface area contributed by atoms with Gasteiger partial charge in [0.2, 0.25) is 5.91 Å². The predicted molar refractivity (Wildman–Crippen MR) is 83.8 cm³/mol. The summed E-state index contributed by atoms with van der Waals surface area (Å²) in [5.41, 5.74) is 6.68. The van der Waals surface area contributed by atoms with Gasteiger partial charge < -0.3 is 5.73 Å². The fraction of sp³-hybridized carbons (Fsp3) is 0.588. The topological polar surface area (TPSA) is 49.6 Å². The number of amides is 1. The Morgan fingerprint density at radius 2 is 1.67 bits per heavy atom. The van der Waals surface area contributed by atoms with Gasteiger partial charge in [-0.2, -0.15) is 0 Å². The Bertz CT molecular complexity index is 462. The Balaban J connectivity index is 1.65. The van der Waals surface area contributed by atoms with Crippen LogP contribution in [0.5, 0.6) is 0 Å². The minimum absolute atomic E-state index is 0.240. The molecule has 1 aliphatic carbocycles. The number of carbonyl (C=O) groups excluding carboxylic acids is 1. The summed E-state index contributed by atoms with van der Waals surface area (Å²) < 4.78 is 0. The molecule has 1 saturated heterocycles. The van der Waals surface area contributed by atoms with E-state index in [4.69, 9.17) is 5.73 Å². The van der Waals surface area contributed by atoms with Gasteiger partial charge in [0.15, 0.2) is 0 Å². The monoisotopic (exact) mass is 287 g/mol. The van der Waals surface area contributed by atoms with E-state index in [0.29, 0.717) is 0 Å². The van der Waals surface area contributed by atoms with E-state index in [9.17, 15) is 4.79 Å². The molecule has 1 amide bonds. The van der Waals surface area contributed by atoms with Gasteiger partial charge in [-0.15, -0.1) is 0 Å². The van der Waals surface area contributed by atoms with Crippen molar-refractivity contribution in [2.24, 2.45) is 5.73 Å². The minimum Gasteiger partial charge on any atom is -0.368 e. The van der Waals surface area contributed by atoms with E-state index in [1.165, 1.54) is 25.7 Å². The molecule has 1 aliphatic heterocycles. The van der Waals surface area contributed by atoms with Gasteiger partial charge >= 0.3 is 0 Å². The molecule has 1 heterocycles. The lowest BCUT2D eigenvalue weighted by Gasteiger charge is -2.40. The highest BCUT2D eigenvalue weighted by Crippen LogP contribution is 2.27. The van der Waals surface area contributed by atoms with Crippen LogP contribution in [0.25, 0.3) is 0 Å². The molecule has 1 saturated carbocycles. The van der Waals surface area contributed by atoms with Crippen LogP contribution in [0, 0.1) is 0 Å². The van der Waals surface area contributed by atoms with Gasteiger partial charge in [0, 0.05) is 32.2 Å². The quantitative estimate of drug-likeness (QED) is 0.918. The molecule has 2 fully saturated rings. The Hall–Kier alpha value is -1.39. The predicted octanol–water partition coefficient (Wildman–Crippen LogP) is 1.77. The molecule has 4 heteroatoms. The van der Waals surface area contributed by atoms with Gasteiger partial charge in [-0.3, -0.25) is 14.6 Å². The summed E-state index contributed by atoms with van der Waals surface area (Å²) in [6, 6.07) is 10.4. The summed E-state index contributed by atoms with van der Waals surface area (Å²) in [4.78, 5) is 16.7. The maximum absolute atomic E-state index is 11.9. The number of nitrogens with two attached hydrogens (primary N) is 1. The summed E-state index contributed by atoms with van der Waals surface area (Å²) in [5, 5.41) is 0. The first-order chi connectivity index (χ1) is 10.3. The smallest absolute Gasteiger partial charge is 0.239 e.